The summed E-state index contributed by atoms with van der Waals surface area (Å²) in [5.41, 5.74) is 0.998. The quantitative estimate of drug-likeness (QED) is 0.577. The summed E-state index contributed by atoms with van der Waals surface area (Å²) in [6.07, 6.45) is 1.54. The van der Waals surface area contributed by atoms with Crippen LogP contribution in [-0.2, 0) is 17.1 Å². The molecule has 0 unspecified atom stereocenters. The molecule has 1 aliphatic rings. The molecule has 0 amide bonds. The average Bonchev–Trinajstić information content (AvgIpc) is 2.77. The molecule has 0 saturated carbocycles. The first-order chi connectivity index (χ1) is 15.2. The minimum absolute atomic E-state index is 0.000875. The van der Waals surface area contributed by atoms with Crippen LogP contribution in [-0.4, -0.2) is 41.9 Å². The average molecular weight is 460 g/mol. The van der Waals surface area contributed by atoms with E-state index in [-0.39, 0.29) is 53.5 Å². The van der Waals surface area contributed by atoms with E-state index in [2.05, 4.69) is 9.97 Å². The van der Waals surface area contributed by atoms with Crippen LogP contribution in [0.5, 0.6) is 17.5 Å². The second kappa shape index (κ2) is 8.23. The number of para-hydroxylation sites is 1. The Bertz CT molecular complexity index is 1340. The summed E-state index contributed by atoms with van der Waals surface area (Å²) in [4.78, 5) is 20.5. The van der Waals surface area contributed by atoms with Gasteiger partial charge in [0.2, 0.25) is 15.6 Å². The summed E-state index contributed by atoms with van der Waals surface area (Å²) in [5, 5.41) is 0. The minimum Gasteiger partial charge on any atom is -0.486 e. The zero-order chi connectivity index (χ0) is 23.0. The van der Waals surface area contributed by atoms with Gasteiger partial charge in [-0.05, 0) is 31.5 Å². The number of aryl methyl sites for hydroxylation is 2. The van der Waals surface area contributed by atoms with Crippen LogP contribution in [0.25, 0.3) is 11.3 Å². The Morgan fingerprint density at radius 2 is 2.00 bits per heavy atom. The van der Waals surface area contributed by atoms with E-state index in [9.17, 15) is 17.6 Å². The van der Waals surface area contributed by atoms with Gasteiger partial charge in [0.1, 0.15) is 12.3 Å². The second-order valence-electron chi connectivity index (χ2n) is 7.18. The van der Waals surface area contributed by atoms with Gasteiger partial charge in [-0.1, -0.05) is 12.1 Å². The predicted octanol–water partition coefficient (Wildman–Crippen LogP) is 2.63. The molecule has 11 heteroatoms. The molecule has 2 aromatic heterocycles. The number of hydrogen-bond acceptors (Lipinski definition) is 7. The van der Waals surface area contributed by atoms with Gasteiger partial charge in [-0.2, -0.15) is 9.97 Å². The van der Waals surface area contributed by atoms with Crippen LogP contribution in [0.15, 0.2) is 41.3 Å². The highest BCUT2D eigenvalue weighted by atomic mass is 32.2. The number of halogens is 1. The number of anilines is 1. The molecule has 0 radical (unpaired) electrons. The van der Waals surface area contributed by atoms with Crippen molar-refractivity contribution in [2.24, 2.45) is 7.05 Å². The van der Waals surface area contributed by atoms with Crippen molar-refractivity contribution < 1.29 is 22.3 Å². The third kappa shape index (κ3) is 3.91. The first-order valence-electron chi connectivity index (χ1n) is 9.86. The molecule has 3 heterocycles. The zero-order valence-corrected chi connectivity index (χ0v) is 18.5. The number of sulfonamides is 1. The Morgan fingerprint density at radius 3 is 2.69 bits per heavy atom. The van der Waals surface area contributed by atoms with Gasteiger partial charge in [0.25, 0.3) is 0 Å². The summed E-state index contributed by atoms with van der Waals surface area (Å²) in [6.45, 7) is 3.35. The Kier molecular flexibility index (Phi) is 5.59. The number of benzene rings is 1. The lowest BCUT2D eigenvalue weighted by Crippen LogP contribution is -2.39. The van der Waals surface area contributed by atoms with Crippen molar-refractivity contribution in [1.29, 1.82) is 0 Å². The maximum Gasteiger partial charge on any atom is 0.324 e. The van der Waals surface area contributed by atoms with Crippen LogP contribution < -0.4 is 19.3 Å². The molecular formula is C21H21FN4O5S. The zero-order valence-electron chi connectivity index (χ0n) is 17.7. The highest BCUT2D eigenvalue weighted by Crippen LogP contribution is 2.41. The summed E-state index contributed by atoms with van der Waals surface area (Å²) >= 11 is 0. The van der Waals surface area contributed by atoms with Crippen LogP contribution in [0, 0.1) is 12.7 Å². The first kappa shape index (κ1) is 21.8. The van der Waals surface area contributed by atoms with Crippen molar-refractivity contribution in [3.63, 3.8) is 0 Å². The molecule has 0 atom stereocenters. The topological polar surface area (TPSA) is 104 Å². The predicted molar refractivity (Wildman–Crippen MR) is 116 cm³/mol. The third-order valence-electron chi connectivity index (χ3n) is 5.02. The minimum atomic E-state index is -3.68. The van der Waals surface area contributed by atoms with Crippen molar-refractivity contribution in [2.75, 3.05) is 23.2 Å². The van der Waals surface area contributed by atoms with Crippen LogP contribution in [0.4, 0.5) is 10.2 Å². The molecule has 32 heavy (non-hydrogen) atoms. The van der Waals surface area contributed by atoms with Gasteiger partial charge in [0, 0.05) is 24.9 Å². The van der Waals surface area contributed by atoms with E-state index in [1.807, 2.05) is 0 Å². The largest absolute Gasteiger partial charge is 0.486 e. The molecule has 0 bridgehead atoms. The molecule has 0 N–H and O–H groups in total. The van der Waals surface area contributed by atoms with E-state index in [0.29, 0.717) is 11.1 Å². The van der Waals surface area contributed by atoms with Gasteiger partial charge in [0.05, 0.1) is 12.3 Å². The molecule has 9 nitrogen and oxygen atoms in total. The Morgan fingerprint density at radius 1 is 1.22 bits per heavy atom. The molecule has 0 fully saturated rings. The van der Waals surface area contributed by atoms with E-state index < -0.39 is 15.8 Å². The number of ether oxygens (including phenoxy) is 2. The summed E-state index contributed by atoms with van der Waals surface area (Å²) in [6, 6.07) is 7.11. The molecule has 168 valence electrons. The lowest BCUT2D eigenvalue weighted by molar-refractivity contribution is 0.310. The third-order valence-corrected chi connectivity index (χ3v) is 6.78. The number of hydrogen-bond donors (Lipinski definition) is 0. The maximum atomic E-state index is 14.4. The Labute approximate surface area is 184 Å². The van der Waals surface area contributed by atoms with Crippen LogP contribution in [0.3, 0.4) is 0 Å². The summed E-state index contributed by atoms with van der Waals surface area (Å²) < 4.78 is 53.7. The lowest BCUT2D eigenvalue weighted by atomic mass is 10.1. The fraction of sp³-hybridized carbons (Fsp3) is 0.286. The van der Waals surface area contributed by atoms with Gasteiger partial charge in [-0.3, -0.25) is 4.79 Å². The van der Waals surface area contributed by atoms with Crippen molar-refractivity contribution in [3.05, 3.63) is 58.3 Å². The molecule has 4 rings (SSSR count). The van der Waals surface area contributed by atoms with Gasteiger partial charge in [0.15, 0.2) is 23.1 Å². The molecule has 1 aliphatic heterocycles. The van der Waals surface area contributed by atoms with Crippen molar-refractivity contribution in [2.45, 2.75) is 13.8 Å². The van der Waals surface area contributed by atoms with Crippen LogP contribution in [0.1, 0.15) is 12.5 Å². The van der Waals surface area contributed by atoms with E-state index in [1.165, 1.54) is 23.6 Å². The fourth-order valence-corrected chi connectivity index (χ4v) is 4.35. The number of rotatable bonds is 5. The number of pyridine rings is 1. The highest BCUT2D eigenvalue weighted by molar-refractivity contribution is 7.92. The monoisotopic (exact) mass is 460 g/mol. The van der Waals surface area contributed by atoms with Gasteiger partial charge < -0.3 is 14.0 Å². The molecular weight excluding hydrogens is 439 g/mol. The van der Waals surface area contributed by atoms with E-state index in [1.54, 1.807) is 38.4 Å². The van der Waals surface area contributed by atoms with Crippen molar-refractivity contribution in [1.82, 2.24) is 14.5 Å². The van der Waals surface area contributed by atoms with Crippen LogP contribution in [0.2, 0.25) is 0 Å². The van der Waals surface area contributed by atoms with Gasteiger partial charge >= 0.3 is 6.01 Å². The van der Waals surface area contributed by atoms with Crippen molar-refractivity contribution in [3.8, 4) is 28.8 Å². The summed E-state index contributed by atoms with van der Waals surface area (Å²) in [5.74, 6) is -0.677. The molecule has 1 aromatic carbocycles. The molecule has 0 spiro atoms. The lowest BCUT2D eigenvalue weighted by Gasteiger charge is -2.30. The maximum absolute atomic E-state index is 14.4. The SMILES string of the molecule is CCS(=O)(=O)N1CCOc2c(-c3ccc(=O)n(C)c3)nc(Oc3c(C)cccc3F)nc21. The van der Waals surface area contributed by atoms with Crippen LogP contribution >= 0.6 is 0 Å². The Balaban J connectivity index is 1.95. The summed E-state index contributed by atoms with van der Waals surface area (Å²) in [7, 11) is -2.10. The fourth-order valence-electron chi connectivity index (χ4n) is 3.30. The highest BCUT2D eigenvalue weighted by Gasteiger charge is 2.33. The standard InChI is InChI=1S/C21H21FN4O5S/c1-4-32(28,29)26-10-11-30-19-17(14-8-9-16(27)25(3)12-14)23-21(24-20(19)26)31-18-13(2)6-5-7-15(18)22/h5-9,12H,4,10-11H2,1-3H3. The molecule has 0 saturated heterocycles. The van der Waals surface area contributed by atoms with E-state index in [4.69, 9.17) is 9.47 Å². The Hall–Kier alpha value is -3.47. The van der Waals surface area contributed by atoms with Crippen molar-refractivity contribution >= 4 is 15.8 Å². The number of nitrogens with zero attached hydrogens (tertiary/aromatic N) is 4. The first-order valence-corrected chi connectivity index (χ1v) is 11.5. The van der Waals surface area contributed by atoms with Gasteiger partial charge in [-0.25, -0.2) is 17.1 Å². The number of aromatic nitrogens is 3. The number of fused-ring (bicyclic) bond motifs is 1. The second-order valence-corrected chi connectivity index (χ2v) is 9.37. The van der Waals surface area contributed by atoms with Gasteiger partial charge in [-0.15, -0.1) is 0 Å². The van der Waals surface area contributed by atoms with E-state index in [0.717, 1.165) is 4.31 Å². The van der Waals surface area contributed by atoms with E-state index >= 15 is 0 Å². The molecule has 0 aliphatic carbocycles. The molecule has 3 aromatic rings. The smallest absolute Gasteiger partial charge is 0.324 e. The normalized spacial score (nSPS) is 13.4.